The number of carbonyl (C=O) groups excluding carboxylic acids is 2. The van der Waals surface area contributed by atoms with E-state index in [2.05, 4.69) is 35.1 Å². The number of thioether (sulfide) groups is 6. The van der Waals surface area contributed by atoms with Crippen LogP contribution in [0, 0.1) is 0 Å². The van der Waals surface area contributed by atoms with Crippen molar-refractivity contribution in [2.45, 2.75) is 25.9 Å². The Morgan fingerprint density at radius 1 is 0.611 bits per heavy atom. The minimum atomic E-state index is -0.294. The number of nitrogens with zero attached hydrogens (tertiary/aromatic N) is 2. The molecule has 0 bridgehead atoms. The maximum absolute atomic E-state index is 12.4. The zero-order chi connectivity index (χ0) is 26.4. The summed E-state index contributed by atoms with van der Waals surface area (Å²) in [5.74, 6) is 12.3. The zero-order valence-corrected chi connectivity index (χ0v) is 28.0. The first-order valence-electron chi connectivity index (χ1n) is 12.1. The van der Waals surface area contributed by atoms with Crippen LogP contribution in [-0.2, 0) is 19.1 Å². The number of ether oxygens (including phenoxy) is 2. The highest BCUT2D eigenvalue weighted by Gasteiger charge is 2.27. The van der Waals surface area contributed by atoms with Gasteiger partial charge in [-0.3, -0.25) is 19.4 Å². The molecule has 212 valence electrons. The molecule has 2 unspecified atom stereocenters. The van der Waals surface area contributed by atoms with Gasteiger partial charge in [0, 0.05) is 81.0 Å². The van der Waals surface area contributed by atoms with Crippen molar-refractivity contribution in [3.8, 4) is 0 Å². The van der Waals surface area contributed by atoms with E-state index in [1.807, 2.05) is 84.4 Å². The van der Waals surface area contributed by atoms with E-state index in [9.17, 15) is 9.59 Å². The summed E-state index contributed by atoms with van der Waals surface area (Å²) in [4.78, 5) is 29.3. The van der Waals surface area contributed by atoms with Gasteiger partial charge in [0.25, 0.3) is 0 Å². The quantitative estimate of drug-likeness (QED) is 0.285. The average Bonchev–Trinajstić information content (AvgIpc) is 2.86. The van der Waals surface area contributed by atoms with Crippen LogP contribution in [0.4, 0.5) is 0 Å². The third kappa shape index (κ3) is 16.1. The van der Waals surface area contributed by atoms with E-state index in [-0.39, 0.29) is 24.0 Å². The predicted molar refractivity (Wildman–Crippen MR) is 176 cm³/mol. The van der Waals surface area contributed by atoms with Crippen molar-refractivity contribution in [1.82, 2.24) is 9.80 Å². The molecule has 0 aliphatic carbocycles. The van der Waals surface area contributed by atoms with Gasteiger partial charge in [-0.15, -0.1) is 47.0 Å². The molecule has 0 radical (unpaired) electrons. The number of carbonyl (C=O) groups is 2. The highest BCUT2D eigenvalue weighted by Crippen LogP contribution is 2.21. The molecular weight excluding hydrogens is 613 g/mol. The standard InChI is InChI=1S/C22H42N2O4S8/c1-3-27-21(25)19(13-29)23-15-33-9-5-31-7-11-35-17-24(20(14-30)22(26)28-4-2)18-36-12-8-32-6-10-34-16-23/h19-20,29-30H,3-18H2,1-2H3. The summed E-state index contributed by atoms with van der Waals surface area (Å²) in [5.41, 5.74) is 0. The Bertz CT molecular complexity index is 514. The lowest BCUT2D eigenvalue weighted by Crippen LogP contribution is -2.43. The fourth-order valence-corrected chi connectivity index (χ4v) is 10.7. The Hall–Kier alpha value is 1.66. The summed E-state index contributed by atoms with van der Waals surface area (Å²) in [6.45, 7) is 4.50. The highest BCUT2D eigenvalue weighted by molar-refractivity contribution is 8.05. The van der Waals surface area contributed by atoms with Gasteiger partial charge in [-0.25, -0.2) is 0 Å². The maximum Gasteiger partial charge on any atom is 0.324 e. The average molecular weight is 655 g/mol. The van der Waals surface area contributed by atoms with E-state index < -0.39 is 0 Å². The van der Waals surface area contributed by atoms with E-state index in [1.54, 1.807) is 0 Å². The lowest BCUT2D eigenvalue weighted by Gasteiger charge is -2.28. The van der Waals surface area contributed by atoms with Crippen LogP contribution in [-0.4, -0.2) is 128 Å². The number of rotatable bonds is 8. The van der Waals surface area contributed by atoms with Gasteiger partial charge in [0.05, 0.1) is 13.2 Å². The van der Waals surface area contributed by atoms with Gasteiger partial charge in [0.15, 0.2) is 0 Å². The second-order valence-corrected chi connectivity index (χ2v) is 14.9. The summed E-state index contributed by atoms with van der Waals surface area (Å²) in [5, 5.41) is 0. The molecule has 1 saturated heterocycles. The van der Waals surface area contributed by atoms with E-state index in [0.717, 1.165) is 69.5 Å². The number of hydrogen-bond donors (Lipinski definition) is 2. The van der Waals surface area contributed by atoms with Crippen molar-refractivity contribution in [3.63, 3.8) is 0 Å². The van der Waals surface area contributed by atoms with Crippen molar-refractivity contribution >= 4 is 108 Å². The minimum Gasteiger partial charge on any atom is -0.465 e. The molecule has 2 atom stereocenters. The molecule has 1 aliphatic rings. The normalized spacial score (nSPS) is 21.2. The zero-order valence-electron chi connectivity index (χ0n) is 21.3. The molecule has 0 aromatic carbocycles. The minimum absolute atomic E-state index is 0.168. The van der Waals surface area contributed by atoms with Crippen molar-refractivity contribution in [1.29, 1.82) is 0 Å². The molecule has 0 aromatic rings. The fourth-order valence-electron chi connectivity index (χ4n) is 2.99. The van der Waals surface area contributed by atoms with Crippen molar-refractivity contribution in [2.24, 2.45) is 0 Å². The molecule has 0 saturated carbocycles. The molecule has 1 heterocycles. The van der Waals surface area contributed by atoms with Crippen LogP contribution in [0.5, 0.6) is 0 Å². The lowest BCUT2D eigenvalue weighted by atomic mass is 10.3. The van der Waals surface area contributed by atoms with E-state index >= 15 is 0 Å². The number of thiol groups is 2. The summed E-state index contributed by atoms with van der Waals surface area (Å²) in [6, 6.07) is -0.587. The molecule has 14 heteroatoms. The van der Waals surface area contributed by atoms with Crippen molar-refractivity contribution < 1.29 is 19.1 Å². The maximum atomic E-state index is 12.4. The van der Waals surface area contributed by atoms with Gasteiger partial charge >= 0.3 is 11.9 Å². The van der Waals surface area contributed by atoms with Gasteiger partial charge < -0.3 is 9.47 Å². The predicted octanol–water partition coefficient (Wildman–Crippen LogP) is 4.56. The Morgan fingerprint density at radius 3 is 1.14 bits per heavy atom. The van der Waals surface area contributed by atoms with Crippen LogP contribution >= 0.6 is 95.8 Å². The Kier molecular flexibility index (Phi) is 24.2. The summed E-state index contributed by atoms with van der Waals surface area (Å²) >= 11 is 20.3. The second-order valence-electron chi connectivity index (χ2n) is 7.45. The molecule has 36 heavy (non-hydrogen) atoms. The molecular formula is C22H42N2O4S8. The summed E-state index contributed by atoms with van der Waals surface area (Å²) in [6.07, 6.45) is 0. The topological polar surface area (TPSA) is 59.1 Å². The molecule has 1 rings (SSSR count). The first-order valence-corrected chi connectivity index (χ1v) is 20.3. The molecule has 0 aromatic heterocycles. The lowest BCUT2D eigenvalue weighted by molar-refractivity contribution is -0.148. The Morgan fingerprint density at radius 2 is 0.889 bits per heavy atom. The highest BCUT2D eigenvalue weighted by atomic mass is 32.2. The molecule has 1 fully saturated rings. The summed E-state index contributed by atoms with van der Waals surface area (Å²) < 4.78 is 10.6. The Labute approximate surface area is 255 Å². The van der Waals surface area contributed by atoms with Gasteiger partial charge in [0.1, 0.15) is 12.1 Å². The molecule has 0 N–H and O–H groups in total. The van der Waals surface area contributed by atoms with Gasteiger partial charge in [-0.05, 0) is 13.8 Å². The fraction of sp³-hybridized carbons (Fsp3) is 0.909. The van der Waals surface area contributed by atoms with Crippen LogP contribution in [0.15, 0.2) is 0 Å². The molecule has 6 nitrogen and oxygen atoms in total. The van der Waals surface area contributed by atoms with Crippen LogP contribution in [0.1, 0.15) is 13.8 Å². The SMILES string of the molecule is CCOC(=O)C(CS)N1CSCCSCCSCN(C(CS)C(=O)OCC)CSCCSCCSC1. The molecule has 0 spiro atoms. The van der Waals surface area contributed by atoms with Crippen LogP contribution < -0.4 is 0 Å². The third-order valence-electron chi connectivity index (χ3n) is 4.86. The molecule has 0 amide bonds. The van der Waals surface area contributed by atoms with Gasteiger partial charge in [-0.1, -0.05) is 0 Å². The largest absolute Gasteiger partial charge is 0.465 e. The van der Waals surface area contributed by atoms with Crippen LogP contribution in [0.25, 0.3) is 0 Å². The van der Waals surface area contributed by atoms with E-state index in [1.165, 1.54) is 0 Å². The monoisotopic (exact) mass is 654 g/mol. The Balaban J connectivity index is 2.63. The smallest absolute Gasteiger partial charge is 0.324 e. The van der Waals surface area contributed by atoms with Crippen LogP contribution in [0.2, 0.25) is 0 Å². The second kappa shape index (κ2) is 24.5. The first-order chi connectivity index (χ1) is 17.6. The number of hydrogen-bond acceptors (Lipinski definition) is 14. The van der Waals surface area contributed by atoms with Crippen LogP contribution in [0.3, 0.4) is 0 Å². The third-order valence-corrected chi connectivity index (χ3v) is 12.6. The van der Waals surface area contributed by atoms with Crippen molar-refractivity contribution in [3.05, 3.63) is 0 Å². The van der Waals surface area contributed by atoms with Gasteiger partial charge in [-0.2, -0.15) is 48.8 Å². The summed E-state index contributed by atoms with van der Waals surface area (Å²) in [7, 11) is 0. The van der Waals surface area contributed by atoms with Crippen molar-refractivity contribution in [2.75, 3.05) is 94.2 Å². The first kappa shape index (κ1) is 35.7. The number of esters is 2. The van der Waals surface area contributed by atoms with E-state index in [4.69, 9.17) is 9.47 Å². The molecule has 1 aliphatic heterocycles. The van der Waals surface area contributed by atoms with Gasteiger partial charge in [0.2, 0.25) is 0 Å². The van der Waals surface area contributed by atoms with E-state index in [0.29, 0.717) is 24.7 Å².